The molecule has 0 atom stereocenters. The topological polar surface area (TPSA) is 80.6 Å². The number of aromatic nitrogens is 1. The molecule has 1 aliphatic heterocycles. The molecular weight excluding hydrogens is 354 g/mol. The molecule has 0 saturated carbocycles. The summed E-state index contributed by atoms with van der Waals surface area (Å²) in [6, 6.07) is 8.69. The number of hydrogen-bond acceptors (Lipinski definition) is 4. The Kier molecular flexibility index (Phi) is 5.33. The molecule has 0 saturated heterocycles. The maximum absolute atomic E-state index is 12.6. The van der Waals surface area contributed by atoms with Gasteiger partial charge in [0.25, 0.3) is 5.91 Å². The number of nitrogens with one attached hydrogen (secondary N) is 1. The molecule has 1 aliphatic rings. The van der Waals surface area contributed by atoms with E-state index >= 15 is 0 Å². The van der Waals surface area contributed by atoms with Gasteiger partial charge in [-0.05, 0) is 18.6 Å². The van der Waals surface area contributed by atoms with E-state index in [9.17, 15) is 13.2 Å². The first-order chi connectivity index (χ1) is 12.5. The Morgan fingerprint density at radius 3 is 2.73 bits per heavy atom. The van der Waals surface area contributed by atoms with Gasteiger partial charge < -0.3 is 14.2 Å². The third-order valence-corrected chi connectivity index (χ3v) is 5.81. The van der Waals surface area contributed by atoms with Gasteiger partial charge in [0, 0.05) is 37.9 Å². The summed E-state index contributed by atoms with van der Waals surface area (Å²) in [5, 5.41) is 0. The van der Waals surface area contributed by atoms with Crippen LogP contribution in [-0.4, -0.2) is 44.0 Å². The maximum atomic E-state index is 12.6. The molecule has 1 aromatic carbocycles. The van der Waals surface area contributed by atoms with E-state index < -0.39 is 10.0 Å². The number of hydrogen-bond donors (Lipinski definition) is 1. The zero-order valence-corrected chi connectivity index (χ0v) is 15.8. The highest BCUT2D eigenvalue weighted by molar-refractivity contribution is 7.89. The highest BCUT2D eigenvalue weighted by Gasteiger charge is 2.27. The fourth-order valence-corrected chi connectivity index (χ4v) is 4.12. The molecule has 2 heterocycles. The number of fused-ring (bicyclic) bond motifs is 1. The Bertz CT molecular complexity index is 905. The first-order valence-electron chi connectivity index (χ1n) is 8.57. The second-order valence-electron chi connectivity index (χ2n) is 6.18. The molecule has 0 radical (unpaired) electrons. The van der Waals surface area contributed by atoms with Crippen molar-refractivity contribution < 1.29 is 17.9 Å². The lowest BCUT2D eigenvalue weighted by Crippen LogP contribution is -2.40. The zero-order chi connectivity index (χ0) is 18.7. The molecule has 0 aliphatic carbocycles. The van der Waals surface area contributed by atoms with Crippen molar-refractivity contribution in [2.24, 2.45) is 0 Å². The molecule has 0 bridgehead atoms. The van der Waals surface area contributed by atoms with Crippen molar-refractivity contribution in [2.75, 3.05) is 20.2 Å². The average Bonchev–Trinajstić information content (AvgIpc) is 3.09. The van der Waals surface area contributed by atoms with Crippen LogP contribution in [0.3, 0.4) is 0 Å². The predicted octanol–water partition coefficient (Wildman–Crippen LogP) is 1.84. The number of rotatable bonds is 7. The van der Waals surface area contributed by atoms with Crippen LogP contribution in [0.5, 0.6) is 5.75 Å². The number of amides is 1. The van der Waals surface area contributed by atoms with Gasteiger partial charge in [0.05, 0.1) is 7.11 Å². The SMILES string of the molecule is CCCN1CCn2cc(S(=O)(=O)NCc3ccccc3OC)cc2C1=O. The number of para-hydroxylation sites is 1. The number of sulfonamides is 1. The first kappa shape index (κ1) is 18.5. The molecule has 8 heteroatoms. The third-order valence-electron chi connectivity index (χ3n) is 4.44. The van der Waals surface area contributed by atoms with Crippen LogP contribution in [0.2, 0.25) is 0 Å². The Labute approximate surface area is 153 Å². The van der Waals surface area contributed by atoms with Gasteiger partial charge in [-0.2, -0.15) is 0 Å². The van der Waals surface area contributed by atoms with Crippen molar-refractivity contribution in [3.8, 4) is 5.75 Å². The highest BCUT2D eigenvalue weighted by atomic mass is 32.2. The van der Waals surface area contributed by atoms with Crippen molar-refractivity contribution >= 4 is 15.9 Å². The summed E-state index contributed by atoms with van der Waals surface area (Å²) >= 11 is 0. The van der Waals surface area contributed by atoms with E-state index in [0.717, 1.165) is 12.0 Å². The quantitative estimate of drug-likeness (QED) is 0.798. The fourth-order valence-electron chi connectivity index (χ4n) is 3.07. The summed E-state index contributed by atoms with van der Waals surface area (Å²) in [6.45, 7) is 4.01. The summed E-state index contributed by atoms with van der Waals surface area (Å²) in [4.78, 5) is 14.3. The van der Waals surface area contributed by atoms with E-state index in [1.165, 1.54) is 12.3 Å². The molecule has 3 rings (SSSR count). The van der Waals surface area contributed by atoms with Gasteiger partial charge in [-0.1, -0.05) is 25.1 Å². The Hall–Kier alpha value is -2.32. The van der Waals surface area contributed by atoms with Gasteiger partial charge in [-0.3, -0.25) is 4.79 Å². The van der Waals surface area contributed by atoms with Crippen LogP contribution in [0, 0.1) is 0 Å². The Morgan fingerprint density at radius 1 is 1.23 bits per heavy atom. The number of ether oxygens (including phenoxy) is 1. The van der Waals surface area contributed by atoms with Crippen molar-refractivity contribution in [3.05, 3.63) is 47.8 Å². The smallest absolute Gasteiger partial charge is 0.270 e. The van der Waals surface area contributed by atoms with Crippen LogP contribution in [0.4, 0.5) is 0 Å². The molecule has 7 nitrogen and oxygen atoms in total. The lowest BCUT2D eigenvalue weighted by Gasteiger charge is -2.27. The van der Waals surface area contributed by atoms with E-state index in [0.29, 0.717) is 31.1 Å². The molecule has 0 spiro atoms. The minimum Gasteiger partial charge on any atom is -0.496 e. The number of methoxy groups -OCH3 is 1. The molecule has 1 amide bonds. The second kappa shape index (κ2) is 7.51. The van der Waals surface area contributed by atoms with Crippen LogP contribution >= 0.6 is 0 Å². The van der Waals surface area contributed by atoms with E-state index in [1.54, 1.807) is 28.7 Å². The average molecular weight is 377 g/mol. The van der Waals surface area contributed by atoms with E-state index in [-0.39, 0.29) is 17.3 Å². The fraction of sp³-hybridized carbons (Fsp3) is 0.389. The first-order valence-corrected chi connectivity index (χ1v) is 10.1. The summed E-state index contributed by atoms with van der Waals surface area (Å²) in [5.41, 5.74) is 1.16. The van der Waals surface area contributed by atoms with Gasteiger partial charge in [0.15, 0.2) is 0 Å². The molecule has 0 fully saturated rings. The monoisotopic (exact) mass is 377 g/mol. The second-order valence-corrected chi connectivity index (χ2v) is 7.95. The number of carbonyl (C=O) groups is 1. The molecule has 1 N–H and O–H groups in total. The maximum Gasteiger partial charge on any atom is 0.270 e. The Morgan fingerprint density at radius 2 is 2.00 bits per heavy atom. The van der Waals surface area contributed by atoms with E-state index in [4.69, 9.17) is 4.74 Å². The molecule has 1 aromatic heterocycles. The van der Waals surface area contributed by atoms with Crippen molar-refractivity contribution in [1.29, 1.82) is 0 Å². The van der Waals surface area contributed by atoms with E-state index in [2.05, 4.69) is 4.72 Å². The largest absolute Gasteiger partial charge is 0.496 e. The lowest BCUT2D eigenvalue weighted by atomic mass is 10.2. The van der Waals surface area contributed by atoms with Crippen LogP contribution in [-0.2, 0) is 23.1 Å². The standard InChI is InChI=1S/C18H23N3O4S/c1-3-8-20-9-10-21-13-15(11-16(21)18(20)22)26(23,24)19-12-14-6-4-5-7-17(14)25-2/h4-7,11,13,19H,3,8-10,12H2,1-2H3. The summed E-state index contributed by atoms with van der Waals surface area (Å²) in [6.07, 6.45) is 2.40. The molecule has 2 aromatic rings. The normalized spacial score (nSPS) is 14.4. The van der Waals surface area contributed by atoms with Crippen LogP contribution in [0.15, 0.2) is 41.4 Å². The lowest BCUT2D eigenvalue weighted by molar-refractivity contribution is 0.0705. The van der Waals surface area contributed by atoms with Crippen molar-refractivity contribution in [2.45, 2.75) is 31.3 Å². The van der Waals surface area contributed by atoms with Crippen LogP contribution < -0.4 is 9.46 Å². The highest BCUT2D eigenvalue weighted by Crippen LogP contribution is 2.21. The number of carbonyl (C=O) groups excluding carboxylic acids is 1. The summed E-state index contributed by atoms with van der Waals surface area (Å²) < 4.78 is 34.8. The van der Waals surface area contributed by atoms with Crippen LogP contribution in [0.25, 0.3) is 0 Å². The minimum absolute atomic E-state index is 0.106. The van der Waals surface area contributed by atoms with Crippen molar-refractivity contribution in [3.63, 3.8) is 0 Å². The number of benzene rings is 1. The molecule has 26 heavy (non-hydrogen) atoms. The minimum atomic E-state index is -3.73. The van der Waals surface area contributed by atoms with Crippen LogP contribution in [0.1, 0.15) is 29.4 Å². The Balaban J connectivity index is 1.79. The van der Waals surface area contributed by atoms with Gasteiger partial charge in [-0.15, -0.1) is 0 Å². The van der Waals surface area contributed by atoms with Gasteiger partial charge in [0.2, 0.25) is 10.0 Å². The van der Waals surface area contributed by atoms with Gasteiger partial charge >= 0.3 is 0 Å². The van der Waals surface area contributed by atoms with Gasteiger partial charge in [0.1, 0.15) is 16.3 Å². The number of nitrogens with zero attached hydrogens (tertiary/aromatic N) is 2. The summed E-state index contributed by atoms with van der Waals surface area (Å²) in [5.74, 6) is 0.501. The predicted molar refractivity (Wildman–Crippen MR) is 97.6 cm³/mol. The van der Waals surface area contributed by atoms with Crippen molar-refractivity contribution in [1.82, 2.24) is 14.2 Å². The zero-order valence-electron chi connectivity index (χ0n) is 14.9. The molecule has 140 valence electrons. The van der Waals surface area contributed by atoms with E-state index in [1.807, 2.05) is 19.1 Å². The summed E-state index contributed by atoms with van der Waals surface area (Å²) in [7, 11) is -2.18. The molecular formula is C18H23N3O4S. The third kappa shape index (κ3) is 3.61. The molecule has 0 unspecified atom stereocenters. The van der Waals surface area contributed by atoms with Gasteiger partial charge in [-0.25, -0.2) is 13.1 Å².